The number of nitrogens with zero attached hydrogens (tertiary/aromatic N) is 3. The molecule has 2 aliphatic rings. The maximum atomic E-state index is 12.2. The van der Waals surface area contributed by atoms with Crippen LogP contribution < -0.4 is 5.56 Å². The highest BCUT2D eigenvalue weighted by molar-refractivity contribution is 7.15. The Kier molecular flexibility index (Phi) is 4.93. The fourth-order valence-corrected chi connectivity index (χ4v) is 4.29. The number of fused-ring (bicyclic) bond motifs is 1. The Morgan fingerprint density at radius 2 is 1.92 bits per heavy atom. The predicted octanol–water partition coefficient (Wildman–Crippen LogP) is 1.92. The normalized spacial score (nSPS) is 24.4. The first-order valence-electron chi connectivity index (χ1n) is 8.69. The summed E-state index contributed by atoms with van der Waals surface area (Å²) in [6.45, 7) is 4.15. The van der Waals surface area contributed by atoms with Gasteiger partial charge in [-0.25, -0.2) is 4.98 Å². The highest BCUT2D eigenvalue weighted by atomic mass is 32.1. The highest BCUT2D eigenvalue weighted by Crippen LogP contribution is 2.18. The molecule has 0 aromatic carbocycles. The first-order valence-corrected chi connectivity index (χ1v) is 9.57. The molecule has 2 atom stereocenters. The minimum atomic E-state index is -0.00886. The summed E-state index contributed by atoms with van der Waals surface area (Å²) in [5.74, 6) is 0. The summed E-state index contributed by atoms with van der Waals surface area (Å²) in [7, 11) is 0. The van der Waals surface area contributed by atoms with Crippen LogP contribution in [0.1, 0.15) is 31.4 Å². The predicted molar refractivity (Wildman–Crippen MR) is 92.6 cm³/mol. The Morgan fingerprint density at radius 3 is 2.54 bits per heavy atom. The molecule has 2 aromatic rings. The molecule has 0 radical (unpaired) electrons. The fraction of sp³-hybridized carbons (Fsp3) is 0.647. The monoisotopic (exact) mass is 349 g/mol. The highest BCUT2D eigenvalue weighted by Gasteiger charge is 2.24. The minimum absolute atomic E-state index is 0.00886. The maximum Gasteiger partial charge on any atom is 0.258 e. The average Bonchev–Trinajstić information content (AvgIpc) is 3.28. The van der Waals surface area contributed by atoms with E-state index in [-0.39, 0.29) is 17.8 Å². The Bertz CT molecular complexity index is 714. The van der Waals surface area contributed by atoms with Gasteiger partial charge in [0, 0.05) is 50.5 Å². The second-order valence-corrected chi connectivity index (χ2v) is 7.48. The van der Waals surface area contributed by atoms with Crippen LogP contribution in [0.15, 0.2) is 22.4 Å². The Labute approximate surface area is 145 Å². The largest absolute Gasteiger partial charge is 0.377 e. The smallest absolute Gasteiger partial charge is 0.258 e. The minimum Gasteiger partial charge on any atom is -0.377 e. The summed E-state index contributed by atoms with van der Waals surface area (Å²) < 4.78 is 13.2. The second kappa shape index (κ2) is 7.31. The van der Waals surface area contributed by atoms with Crippen LogP contribution in [0.5, 0.6) is 0 Å². The van der Waals surface area contributed by atoms with Gasteiger partial charge in [-0.1, -0.05) is 0 Å². The summed E-state index contributed by atoms with van der Waals surface area (Å²) in [5, 5.41) is 1.89. The van der Waals surface area contributed by atoms with Gasteiger partial charge in [-0.3, -0.25) is 14.1 Å². The van der Waals surface area contributed by atoms with Crippen molar-refractivity contribution in [3.63, 3.8) is 0 Å². The van der Waals surface area contributed by atoms with E-state index in [1.54, 1.807) is 16.7 Å². The van der Waals surface area contributed by atoms with E-state index in [1.807, 2.05) is 5.38 Å². The first-order chi connectivity index (χ1) is 11.8. The summed E-state index contributed by atoms with van der Waals surface area (Å²) in [6.07, 6.45) is 6.86. The number of hydrogen-bond acceptors (Lipinski definition) is 6. The lowest BCUT2D eigenvalue weighted by Crippen LogP contribution is -2.37. The summed E-state index contributed by atoms with van der Waals surface area (Å²) in [6, 6.07) is 1.65. The molecule has 0 spiro atoms. The Hall–Kier alpha value is -1.28. The van der Waals surface area contributed by atoms with Gasteiger partial charge in [-0.05, 0) is 25.7 Å². The standard InChI is InChI=1S/C17H23N3O3S/c21-16-9-13(18-17-20(16)5-8-24-17)10-19(11-14-3-1-6-22-14)12-15-4-2-7-23-15/h5,8-9,14-15H,1-4,6-7,10-12H2/t14-,15-/m1/s1. The molecule has 2 fully saturated rings. The van der Waals surface area contributed by atoms with Crippen molar-refractivity contribution in [1.29, 1.82) is 0 Å². The summed E-state index contributed by atoms with van der Waals surface area (Å²) in [4.78, 5) is 19.9. The molecule has 4 heterocycles. The van der Waals surface area contributed by atoms with Crippen LogP contribution in [0.3, 0.4) is 0 Å². The molecule has 2 saturated heterocycles. The zero-order valence-electron chi connectivity index (χ0n) is 13.7. The van der Waals surface area contributed by atoms with E-state index in [9.17, 15) is 4.79 Å². The maximum absolute atomic E-state index is 12.2. The van der Waals surface area contributed by atoms with Crippen LogP contribution in [0.4, 0.5) is 0 Å². The first kappa shape index (κ1) is 16.2. The number of thiazole rings is 1. The third kappa shape index (κ3) is 3.69. The van der Waals surface area contributed by atoms with Crippen LogP contribution in [0.2, 0.25) is 0 Å². The molecule has 4 rings (SSSR count). The number of hydrogen-bond donors (Lipinski definition) is 0. The molecule has 0 saturated carbocycles. The van der Waals surface area contributed by atoms with Crippen molar-refractivity contribution in [2.24, 2.45) is 0 Å². The van der Waals surface area contributed by atoms with Gasteiger partial charge in [-0.2, -0.15) is 0 Å². The number of ether oxygens (including phenoxy) is 2. The van der Waals surface area contributed by atoms with E-state index in [0.29, 0.717) is 6.54 Å². The van der Waals surface area contributed by atoms with Gasteiger partial charge in [0.05, 0.1) is 17.9 Å². The zero-order chi connectivity index (χ0) is 16.4. The molecule has 0 N–H and O–H groups in total. The van der Waals surface area contributed by atoms with Gasteiger partial charge in [-0.15, -0.1) is 11.3 Å². The van der Waals surface area contributed by atoms with E-state index >= 15 is 0 Å². The van der Waals surface area contributed by atoms with E-state index in [1.165, 1.54) is 11.3 Å². The molecule has 7 heteroatoms. The van der Waals surface area contributed by atoms with E-state index in [4.69, 9.17) is 9.47 Å². The third-order valence-electron chi connectivity index (χ3n) is 4.71. The van der Waals surface area contributed by atoms with Gasteiger partial charge in [0.2, 0.25) is 0 Å². The quantitative estimate of drug-likeness (QED) is 0.797. The lowest BCUT2D eigenvalue weighted by atomic mass is 10.2. The molecule has 130 valence electrons. The molecule has 0 aliphatic carbocycles. The molecule has 2 aliphatic heterocycles. The lowest BCUT2D eigenvalue weighted by molar-refractivity contribution is 0.0341. The van der Waals surface area contributed by atoms with Crippen LogP contribution in [-0.2, 0) is 16.0 Å². The van der Waals surface area contributed by atoms with Crippen molar-refractivity contribution in [3.05, 3.63) is 33.7 Å². The van der Waals surface area contributed by atoms with Crippen molar-refractivity contribution in [3.8, 4) is 0 Å². The molecule has 0 bridgehead atoms. The topological polar surface area (TPSA) is 56.1 Å². The third-order valence-corrected chi connectivity index (χ3v) is 5.47. The molecular formula is C17H23N3O3S. The van der Waals surface area contributed by atoms with Gasteiger partial charge >= 0.3 is 0 Å². The van der Waals surface area contributed by atoms with Crippen molar-refractivity contribution in [1.82, 2.24) is 14.3 Å². The van der Waals surface area contributed by atoms with E-state index in [2.05, 4.69) is 9.88 Å². The molecule has 0 amide bonds. The summed E-state index contributed by atoms with van der Waals surface area (Å²) in [5.41, 5.74) is 0.823. The average molecular weight is 349 g/mol. The van der Waals surface area contributed by atoms with Crippen LogP contribution in [-0.4, -0.2) is 52.8 Å². The molecular weight excluding hydrogens is 326 g/mol. The van der Waals surface area contributed by atoms with Crippen molar-refractivity contribution in [2.75, 3.05) is 26.3 Å². The zero-order valence-corrected chi connectivity index (χ0v) is 14.5. The fourth-order valence-electron chi connectivity index (χ4n) is 3.55. The van der Waals surface area contributed by atoms with Crippen molar-refractivity contribution >= 4 is 16.3 Å². The van der Waals surface area contributed by atoms with Crippen LogP contribution >= 0.6 is 11.3 Å². The second-order valence-electron chi connectivity index (χ2n) is 6.61. The SMILES string of the molecule is O=c1cc(CN(C[C@H]2CCCO2)C[C@H]2CCCO2)nc2sccn12. The molecule has 6 nitrogen and oxygen atoms in total. The van der Waals surface area contributed by atoms with Crippen LogP contribution in [0.25, 0.3) is 4.96 Å². The van der Waals surface area contributed by atoms with E-state index in [0.717, 1.165) is 62.6 Å². The van der Waals surface area contributed by atoms with Crippen LogP contribution in [0, 0.1) is 0 Å². The van der Waals surface area contributed by atoms with E-state index < -0.39 is 0 Å². The lowest BCUT2D eigenvalue weighted by Gasteiger charge is -2.27. The molecule has 0 unspecified atom stereocenters. The number of aromatic nitrogens is 2. The van der Waals surface area contributed by atoms with Crippen molar-refractivity contribution < 1.29 is 9.47 Å². The van der Waals surface area contributed by atoms with Gasteiger partial charge in [0.25, 0.3) is 5.56 Å². The summed E-state index contributed by atoms with van der Waals surface area (Å²) >= 11 is 1.49. The molecule has 2 aromatic heterocycles. The number of rotatable bonds is 6. The van der Waals surface area contributed by atoms with Crippen molar-refractivity contribution in [2.45, 2.75) is 44.4 Å². The molecule has 24 heavy (non-hydrogen) atoms. The Morgan fingerprint density at radius 1 is 1.21 bits per heavy atom. The Balaban J connectivity index is 1.50. The van der Waals surface area contributed by atoms with Gasteiger partial charge < -0.3 is 9.47 Å². The van der Waals surface area contributed by atoms with Gasteiger partial charge in [0.15, 0.2) is 4.96 Å². The van der Waals surface area contributed by atoms with Gasteiger partial charge in [0.1, 0.15) is 0 Å².